The number of hydrogen-bond acceptors (Lipinski definition) is 4. The monoisotopic (exact) mass is 339 g/mol. The number of primary amides is 1. The number of nitrogens with one attached hydrogen (secondary N) is 2. The quantitative estimate of drug-likeness (QED) is 0.497. The number of benzene rings is 1. The number of rotatable bonds is 8. The van der Waals surface area contributed by atoms with Crippen molar-refractivity contribution in [1.29, 1.82) is 0 Å². The van der Waals surface area contributed by atoms with Gasteiger partial charge in [0.05, 0.1) is 6.42 Å². The zero-order chi connectivity index (χ0) is 18.3. The van der Waals surface area contributed by atoms with Gasteiger partial charge in [-0.05, 0) is 17.7 Å². The fourth-order valence-electron chi connectivity index (χ4n) is 1.98. The molecule has 2 atom stereocenters. The minimum Gasteiger partial charge on any atom is -0.481 e. The van der Waals surface area contributed by atoms with Crippen LogP contribution in [0.4, 0.5) is 4.39 Å². The van der Waals surface area contributed by atoms with E-state index in [0.29, 0.717) is 5.56 Å². The Morgan fingerprint density at radius 3 is 2.17 bits per heavy atom. The molecule has 0 aromatic heterocycles. The van der Waals surface area contributed by atoms with Gasteiger partial charge in [0.2, 0.25) is 17.7 Å². The third-order valence-electron chi connectivity index (χ3n) is 3.09. The molecule has 0 bridgehead atoms. The molecule has 5 N–H and O–H groups in total. The second kappa shape index (κ2) is 8.61. The van der Waals surface area contributed by atoms with Crippen LogP contribution in [0.5, 0.6) is 0 Å². The summed E-state index contributed by atoms with van der Waals surface area (Å²) in [5, 5.41) is 13.3. The van der Waals surface area contributed by atoms with Crippen molar-refractivity contribution >= 4 is 23.7 Å². The number of hydrogen-bond donors (Lipinski definition) is 4. The molecule has 0 heterocycles. The summed E-state index contributed by atoms with van der Waals surface area (Å²) in [7, 11) is 0. The van der Waals surface area contributed by atoms with E-state index in [1.54, 1.807) is 0 Å². The molecule has 9 heteroatoms. The maximum Gasteiger partial charge on any atom is 0.305 e. The van der Waals surface area contributed by atoms with Gasteiger partial charge in [0.25, 0.3) is 0 Å². The summed E-state index contributed by atoms with van der Waals surface area (Å²) in [5.41, 5.74) is 5.63. The number of carboxylic acids is 1. The van der Waals surface area contributed by atoms with Crippen LogP contribution in [0.3, 0.4) is 0 Å². The molecule has 1 aromatic rings. The number of carbonyl (C=O) groups excluding carboxylic acids is 3. The Labute approximate surface area is 137 Å². The molecule has 0 aliphatic heterocycles. The van der Waals surface area contributed by atoms with Crippen molar-refractivity contribution in [3.8, 4) is 0 Å². The van der Waals surface area contributed by atoms with Gasteiger partial charge in [0.15, 0.2) is 0 Å². The van der Waals surface area contributed by atoms with Gasteiger partial charge in [-0.1, -0.05) is 12.1 Å². The van der Waals surface area contributed by atoms with Crippen molar-refractivity contribution in [2.24, 2.45) is 5.73 Å². The molecule has 0 aliphatic carbocycles. The Balaban J connectivity index is 2.87. The highest BCUT2D eigenvalue weighted by Gasteiger charge is 2.26. The smallest absolute Gasteiger partial charge is 0.305 e. The first kappa shape index (κ1) is 19.1. The van der Waals surface area contributed by atoms with Crippen LogP contribution in [-0.4, -0.2) is 40.9 Å². The molecular formula is C15H18FN3O5. The topological polar surface area (TPSA) is 139 Å². The molecule has 0 unspecified atom stereocenters. The van der Waals surface area contributed by atoms with Crippen molar-refractivity contribution in [2.45, 2.75) is 31.8 Å². The van der Waals surface area contributed by atoms with Gasteiger partial charge < -0.3 is 21.5 Å². The molecule has 3 amide bonds. The highest BCUT2D eigenvalue weighted by Crippen LogP contribution is 2.07. The minimum absolute atomic E-state index is 0.0320. The summed E-state index contributed by atoms with van der Waals surface area (Å²) in [6.07, 6.45) is -0.644. The Morgan fingerprint density at radius 1 is 1.12 bits per heavy atom. The molecule has 0 saturated carbocycles. The van der Waals surface area contributed by atoms with Gasteiger partial charge in [-0.2, -0.15) is 0 Å². The zero-order valence-corrected chi connectivity index (χ0v) is 12.9. The Morgan fingerprint density at radius 2 is 1.71 bits per heavy atom. The van der Waals surface area contributed by atoms with E-state index in [1.165, 1.54) is 31.2 Å². The fraction of sp³-hybridized carbons (Fsp3) is 0.333. The second-order valence-electron chi connectivity index (χ2n) is 5.15. The Kier molecular flexibility index (Phi) is 6.84. The maximum absolute atomic E-state index is 12.9. The Bertz CT molecular complexity index is 633. The van der Waals surface area contributed by atoms with Crippen LogP contribution in [0.25, 0.3) is 0 Å². The number of halogens is 1. The second-order valence-corrected chi connectivity index (χ2v) is 5.15. The van der Waals surface area contributed by atoms with Gasteiger partial charge in [0, 0.05) is 13.3 Å². The van der Waals surface area contributed by atoms with E-state index in [0.717, 1.165) is 0 Å². The fourth-order valence-corrected chi connectivity index (χ4v) is 1.98. The van der Waals surface area contributed by atoms with Crippen molar-refractivity contribution in [1.82, 2.24) is 10.6 Å². The van der Waals surface area contributed by atoms with Gasteiger partial charge in [-0.25, -0.2) is 4.39 Å². The molecule has 0 fully saturated rings. The molecule has 1 rings (SSSR count). The highest BCUT2D eigenvalue weighted by molar-refractivity contribution is 5.93. The van der Waals surface area contributed by atoms with E-state index >= 15 is 0 Å². The minimum atomic E-state index is -1.40. The first-order chi connectivity index (χ1) is 11.2. The van der Waals surface area contributed by atoms with Crippen LogP contribution in [0.2, 0.25) is 0 Å². The van der Waals surface area contributed by atoms with E-state index in [2.05, 4.69) is 10.6 Å². The van der Waals surface area contributed by atoms with Crippen molar-refractivity contribution < 1.29 is 28.7 Å². The van der Waals surface area contributed by atoms with E-state index in [9.17, 15) is 23.6 Å². The first-order valence-corrected chi connectivity index (χ1v) is 7.02. The molecule has 0 radical (unpaired) electrons. The third-order valence-corrected chi connectivity index (χ3v) is 3.09. The lowest BCUT2D eigenvalue weighted by Crippen LogP contribution is -2.53. The molecule has 8 nitrogen and oxygen atoms in total. The summed E-state index contributed by atoms with van der Waals surface area (Å²) < 4.78 is 12.9. The van der Waals surface area contributed by atoms with E-state index in [4.69, 9.17) is 10.8 Å². The van der Waals surface area contributed by atoms with Crippen LogP contribution >= 0.6 is 0 Å². The first-order valence-electron chi connectivity index (χ1n) is 7.02. The summed E-state index contributed by atoms with van der Waals surface area (Å²) in [4.78, 5) is 45.4. The lowest BCUT2D eigenvalue weighted by Gasteiger charge is -2.20. The number of amides is 3. The van der Waals surface area contributed by atoms with Gasteiger partial charge in [-0.3, -0.25) is 19.2 Å². The van der Waals surface area contributed by atoms with Crippen LogP contribution in [0.15, 0.2) is 24.3 Å². The van der Waals surface area contributed by atoms with Crippen LogP contribution in [0.1, 0.15) is 18.9 Å². The van der Waals surface area contributed by atoms with Gasteiger partial charge in [-0.15, -0.1) is 0 Å². The van der Waals surface area contributed by atoms with Crippen LogP contribution in [-0.2, 0) is 25.6 Å². The summed E-state index contributed by atoms with van der Waals surface area (Å²) in [6.45, 7) is 1.20. The van der Waals surface area contributed by atoms with E-state index in [1.807, 2.05) is 0 Å². The Hall–Kier alpha value is -2.97. The van der Waals surface area contributed by atoms with Crippen molar-refractivity contribution in [3.63, 3.8) is 0 Å². The SMILES string of the molecule is CC(=O)N[C@H](Cc1ccc(F)cc1)C(=O)N[C@@H](CC(=O)O)C(N)=O. The predicted octanol–water partition coefficient (Wildman–Crippen LogP) is -0.682. The molecule has 0 saturated heterocycles. The summed E-state index contributed by atoms with van der Waals surface area (Å²) in [6, 6.07) is 2.83. The number of nitrogens with two attached hydrogens (primary N) is 1. The maximum atomic E-state index is 12.9. The summed E-state index contributed by atoms with van der Waals surface area (Å²) in [5.74, 6) is -4.02. The molecule has 0 spiro atoms. The van der Waals surface area contributed by atoms with Gasteiger partial charge >= 0.3 is 5.97 Å². The standard InChI is InChI=1S/C15H18FN3O5/c1-8(20)18-12(6-9-2-4-10(16)5-3-9)15(24)19-11(14(17)23)7-13(21)22/h2-5,11-12H,6-7H2,1H3,(H2,17,23)(H,18,20)(H,19,24)(H,21,22)/t11-,12+/m0/s1. The average molecular weight is 339 g/mol. The van der Waals surface area contributed by atoms with Crippen molar-refractivity contribution in [2.75, 3.05) is 0 Å². The average Bonchev–Trinajstić information content (AvgIpc) is 2.47. The van der Waals surface area contributed by atoms with Crippen LogP contribution < -0.4 is 16.4 Å². The lowest BCUT2D eigenvalue weighted by molar-refractivity contribution is -0.140. The molecule has 24 heavy (non-hydrogen) atoms. The summed E-state index contributed by atoms with van der Waals surface area (Å²) >= 11 is 0. The van der Waals surface area contributed by atoms with E-state index < -0.39 is 48.0 Å². The molecule has 1 aromatic carbocycles. The lowest BCUT2D eigenvalue weighted by atomic mass is 10.0. The van der Waals surface area contributed by atoms with Crippen molar-refractivity contribution in [3.05, 3.63) is 35.6 Å². The number of carbonyl (C=O) groups is 4. The van der Waals surface area contributed by atoms with E-state index in [-0.39, 0.29) is 6.42 Å². The highest BCUT2D eigenvalue weighted by atomic mass is 19.1. The predicted molar refractivity (Wildman–Crippen MR) is 81.1 cm³/mol. The normalized spacial score (nSPS) is 12.8. The van der Waals surface area contributed by atoms with Crippen LogP contribution in [0, 0.1) is 5.82 Å². The molecule has 130 valence electrons. The largest absolute Gasteiger partial charge is 0.481 e. The molecular weight excluding hydrogens is 321 g/mol. The number of carboxylic acid groups (broad SMARTS) is 1. The van der Waals surface area contributed by atoms with Gasteiger partial charge in [0.1, 0.15) is 17.9 Å². The molecule has 0 aliphatic rings. The third kappa shape index (κ3) is 6.42. The number of aliphatic carboxylic acids is 1. The zero-order valence-electron chi connectivity index (χ0n) is 12.9.